The van der Waals surface area contributed by atoms with E-state index in [1.807, 2.05) is 0 Å². The van der Waals surface area contributed by atoms with Gasteiger partial charge in [-0.1, -0.05) is 13.8 Å². The summed E-state index contributed by atoms with van der Waals surface area (Å²) < 4.78 is 24.2. The van der Waals surface area contributed by atoms with Gasteiger partial charge in [0.05, 0.1) is 12.0 Å². The number of carbonyl (C=O) groups excluding carboxylic acids is 3. The third-order valence-corrected chi connectivity index (χ3v) is 9.14. The molecule has 0 aromatic heterocycles. The van der Waals surface area contributed by atoms with Crippen molar-refractivity contribution in [3.05, 3.63) is 0 Å². The van der Waals surface area contributed by atoms with Crippen molar-refractivity contribution in [2.24, 2.45) is 29.1 Å². The fraction of sp³-hybridized carbons (Fsp3) is 0.880. The van der Waals surface area contributed by atoms with Crippen molar-refractivity contribution in [3.63, 3.8) is 0 Å². The molecule has 7 nitrogen and oxygen atoms in total. The van der Waals surface area contributed by atoms with Crippen molar-refractivity contribution in [1.82, 2.24) is 0 Å². The van der Waals surface area contributed by atoms with Crippen molar-refractivity contribution in [3.8, 4) is 0 Å². The average Bonchev–Trinajstić information content (AvgIpc) is 2.92. The van der Waals surface area contributed by atoms with Gasteiger partial charge in [-0.25, -0.2) is 0 Å². The molecule has 180 valence electrons. The summed E-state index contributed by atoms with van der Waals surface area (Å²) in [4.78, 5) is 35.8. The highest BCUT2D eigenvalue weighted by Crippen LogP contribution is 2.66. The normalized spacial score (nSPS) is 47.4. The van der Waals surface area contributed by atoms with Gasteiger partial charge in [0, 0.05) is 32.1 Å². The Balaban J connectivity index is 1.74. The molecule has 0 amide bonds. The molecular weight excluding hydrogens is 412 g/mol. The molecule has 0 aromatic rings. The zero-order valence-corrected chi connectivity index (χ0v) is 20.3. The summed E-state index contributed by atoms with van der Waals surface area (Å²) in [6.45, 7) is 10.9. The van der Waals surface area contributed by atoms with Gasteiger partial charge < -0.3 is 18.9 Å². The van der Waals surface area contributed by atoms with Crippen LogP contribution in [0.4, 0.5) is 0 Å². The summed E-state index contributed by atoms with van der Waals surface area (Å²) in [5, 5.41) is 0. The van der Waals surface area contributed by atoms with E-state index in [4.69, 9.17) is 18.9 Å². The SMILES string of the molecule is CC(=O)O[C@H]1CC[C@]2(C)O[C@@](OC(C)=O)(C1)[C@@H](C)[C@@H]1[C@@H]3CC[C@H](OC(C)=O)[C@]3(C)CC[C@@H]12. The first-order chi connectivity index (χ1) is 14.9. The van der Waals surface area contributed by atoms with Crippen LogP contribution in [0.1, 0.15) is 86.5 Å². The van der Waals surface area contributed by atoms with E-state index in [1.165, 1.54) is 20.8 Å². The molecule has 2 saturated heterocycles. The Kier molecular flexibility index (Phi) is 5.88. The van der Waals surface area contributed by atoms with Crippen molar-refractivity contribution >= 4 is 17.9 Å². The van der Waals surface area contributed by atoms with Crippen LogP contribution in [0.2, 0.25) is 0 Å². The topological polar surface area (TPSA) is 88.1 Å². The van der Waals surface area contributed by atoms with E-state index in [0.717, 1.165) is 32.1 Å². The highest BCUT2D eigenvalue weighted by molar-refractivity contribution is 5.67. The maximum Gasteiger partial charge on any atom is 0.305 e. The van der Waals surface area contributed by atoms with Crippen LogP contribution in [0, 0.1) is 29.1 Å². The molecule has 0 aromatic carbocycles. The van der Waals surface area contributed by atoms with E-state index >= 15 is 0 Å². The molecular formula is C25H38O7. The first-order valence-corrected chi connectivity index (χ1v) is 12.1. The molecule has 4 fully saturated rings. The molecule has 2 aliphatic carbocycles. The molecule has 4 aliphatic rings. The Hall–Kier alpha value is -1.63. The number of hydrogen-bond donors (Lipinski definition) is 0. The average molecular weight is 451 g/mol. The Bertz CT molecular complexity index is 795. The number of rotatable bonds is 3. The van der Waals surface area contributed by atoms with Crippen molar-refractivity contribution in [2.75, 3.05) is 0 Å². The van der Waals surface area contributed by atoms with Gasteiger partial charge >= 0.3 is 17.9 Å². The minimum atomic E-state index is -1.13. The smallest absolute Gasteiger partial charge is 0.305 e. The van der Waals surface area contributed by atoms with Gasteiger partial charge in [0.25, 0.3) is 0 Å². The molecule has 4 rings (SSSR count). The quantitative estimate of drug-likeness (QED) is 0.471. The molecule has 0 radical (unpaired) electrons. The summed E-state index contributed by atoms with van der Waals surface area (Å²) in [6, 6.07) is 0. The Morgan fingerprint density at radius 3 is 2.16 bits per heavy atom. The van der Waals surface area contributed by atoms with Gasteiger partial charge in [0.2, 0.25) is 5.79 Å². The first-order valence-electron chi connectivity index (χ1n) is 12.1. The molecule has 2 bridgehead atoms. The zero-order chi connectivity index (χ0) is 23.5. The Labute approximate surface area is 190 Å². The second-order valence-corrected chi connectivity index (χ2v) is 11.1. The highest BCUT2D eigenvalue weighted by atomic mass is 16.7. The van der Waals surface area contributed by atoms with Gasteiger partial charge in [0.1, 0.15) is 12.2 Å². The molecule has 2 saturated carbocycles. The van der Waals surface area contributed by atoms with Crippen LogP contribution in [-0.4, -0.2) is 41.5 Å². The van der Waals surface area contributed by atoms with Crippen LogP contribution >= 0.6 is 0 Å². The van der Waals surface area contributed by atoms with Crippen LogP contribution in [0.15, 0.2) is 0 Å². The Morgan fingerprint density at radius 1 is 0.844 bits per heavy atom. The molecule has 0 N–H and O–H groups in total. The van der Waals surface area contributed by atoms with E-state index in [2.05, 4.69) is 20.8 Å². The van der Waals surface area contributed by atoms with Gasteiger partial charge in [-0.05, 0) is 63.2 Å². The van der Waals surface area contributed by atoms with E-state index in [-0.39, 0.29) is 47.4 Å². The number of ether oxygens (including phenoxy) is 4. The lowest BCUT2D eigenvalue weighted by Gasteiger charge is -2.62. The lowest BCUT2D eigenvalue weighted by Crippen LogP contribution is -2.65. The Morgan fingerprint density at radius 2 is 1.53 bits per heavy atom. The maximum atomic E-state index is 12.3. The molecule has 7 heteroatoms. The molecule has 32 heavy (non-hydrogen) atoms. The highest BCUT2D eigenvalue weighted by Gasteiger charge is 2.67. The van der Waals surface area contributed by atoms with Gasteiger partial charge in [-0.2, -0.15) is 0 Å². The lowest BCUT2D eigenvalue weighted by atomic mass is 9.51. The molecule has 9 atom stereocenters. The predicted molar refractivity (Wildman–Crippen MR) is 115 cm³/mol. The summed E-state index contributed by atoms with van der Waals surface area (Å²) >= 11 is 0. The van der Waals surface area contributed by atoms with Crippen LogP contribution in [0.3, 0.4) is 0 Å². The van der Waals surface area contributed by atoms with E-state index in [0.29, 0.717) is 24.7 Å². The maximum absolute atomic E-state index is 12.3. The fourth-order valence-electron chi connectivity index (χ4n) is 7.87. The number of hydrogen-bond acceptors (Lipinski definition) is 7. The fourth-order valence-corrected chi connectivity index (χ4v) is 7.87. The summed E-state index contributed by atoms with van der Waals surface area (Å²) in [6.07, 6.45) is 5.18. The zero-order valence-electron chi connectivity index (χ0n) is 20.3. The molecule has 2 heterocycles. The van der Waals surface area contributed by atoms with Crippen molar-refractivity contribution in [2.45, 2.75) is 110 Å². The first kappa shape index (κ1) is 23.5. The minimum Gasteiger partial charge on any atom is -0.462 e. The summed E-state index contributed by atoms with van der Waals surface area (Å²) in [5.41, 5.74) is -0.562. The monoisotopic (exact) mass is 450 g/mol. The molecule has 0 unspecified atom stereocenters. The summed E-state index contributed by atoms with van der Waals surface area (Å²) in [7, 11) is 0. The lowest BCUT2D eigenvalue weighted by molar-refractivity contribution is -0.358. The van der Waals surface area contributed by atoms with Crippen LogP contribution in [0.5, 0.6) is 0 Å². The second kappa shape index (κ2) is 8.00. The van der Waals surface area contributed by atoms with Crippen molar-refractivity contribution in [1.29, 1.82) is 0 Å². The third kappa shape index (κ3) is 3.74. The van der Waals surface area contributed by atoms with E-state index < -0.39 is 11.4 Å². The predicted octanol–water partition coefficient (Wildman–Crippen LogP) is 4.16. The standard InChI is InChI=1S/C25H38O7/c1-14-22-19-7-8-21(30-16(3)27)23(19,5)11-10-20(22)24(6)12-9-18(29-15(2)26)13-25(14,32-24)31-17(4)28/h14,18-22H,7-13H2,1-6H3/t14-,18-,19-,20-,21-,22+,23+,24-,25-/m0/s1. The number of carbonyl (C=O) groups is 3. The minimum absolute atomic E-state index is 0.0682. The molecule has 2 aliphatic heterocycles. The van der Waals surface area contributed by atoms with Gasteiger partial charge in [-0.3, -0.25) is 14.4 Å². The van der Waals surface area contributed by atoms with Crippen LogP contribution in [0.25, 0.3) is 0 Å². The van der Waals surface area contributed by atoms with E-state index in [9.17, 15) is 14.4 Å². The largest absolute Gasteiger partial charge is 0.462 e. The van der Waals surface area contributed by atoms with Crippen LogP contribution in [-0.2, 0) is 33.3 Å². The second-order valence-electron chi connectivity index (χ2n) is 11.1. The summed E-state index contributed by atoms with van der Waals surface area (Å²) in [5.74, 6) is -1.20. The number of fused-ring (bicyclic) bond motifs is 6. The number of esters is 3. The van der Waals surface area contributed by atoms with E-state index in [1.54, 1.807) is 0 Å². The van der Waals surface area contributed by atoms with Gasteiger partial charge in [-0.15, -0.1) is 0 Å². The van der Waals surface area contributed by atoms with Crippen molar-refractivity contribution < 1.29 is 33.3 Å². The van der Waals surface area contributed by atoms with Crippen LogP contribution < -0.4 is 0 Å². The van der Waals surface area contributed by atoms with Gasteiger partial charge in [0.15, 0.2) is 0 Å². The molecule has 0 spiro atoms. The third-order valence-electron chi connectivity index (χ3n) is 9.14.